The Morgan fingerprint density at radius 3 is 2.57 bits per heavy atom. The van der Waals surface area contributed by atoms with Gasteiger partial charge in [0.25, 0.3) is 0 Å². The number of hydrogen-bond acceptors (Lipinski definition) is 13. The number of likely N-dealkylation sites (N-methyl/N-ethyl adjacent to an activating group) is 1. The lowest BCUT2D eigenvalue weighted by Gasteiger charge is -2.34. The van der Waals surface area contributed by atoms with Crippen molar-refractivity contribution in [2.24, 2.45) is 11.8 Å². The van der Waals surface area contributed by atoms with Crippen LogP contribution in [-0.2, 0) is 16.0 Å². The number of aliphatic carboxylic acids is 1. The predicted molar refractivity (Wildman–Crippen MR) is 197 cm³/mol. The van der Waals surface area contributed by atoms with E-state index in [1.807, 2.05) is 25.1 Å². The number of carboxylic acids is 1. The molecule has 3 aromatic rings. The number of anilines is 1. The standard InChI is InChI=1S/C39H52N4O10/c1-4-42-30(37-28(8-9-29(37)39(48)49)24-11-12-43-36(40)16-24)20-51-35-15-25(14-34(50-3)38(35)47)32-18-26(45)17-27(53-32)7-5-23-6-10-31(46)33(13-23)52-21-41-19-22(2)44/h6,8-16,22,26-30,32,37,41-42,44-47H,4-5,7,17-21H2,1-3H3,(H2,40,43)(H,48,49)/t22-,26-,27-,28+,29+,30+,32+,37-/m0/s1. The van der Waals surface area contributed by atoms with Crippen molar-refractivity contribution in [2.75, 3.05) is 39.3 Å². The van der Waals surface area contributed by atoms with Gasteiger partial charge in [-0.2, -0.15) is 0 Å². The number of benzene rings is 2. The van der Waals surface area contributed by atoms with E-state index in [0.29, 0.717) is 55.9 Å². The van der Waals surface area contributed by atoms with Gasteiger partial charge in [0, 0.05) is 37.0 Å². The summed E-state index contributed by atoms with van der Waals surface area (Å²) in [6.07, 6.45) is 5.17. The van der Waals surface area contributed by atoms with E-state index >= 15 is 0 Å². The van der Waals surface area contributed by atoms with Crippen LogP contribution in [-0.4, -0.2) is 94.4 Å². The summed E-state index contributed by atoms with van der Waals surface area (Å²) < 4.78 is 24.0. The fourth-order valence-corrected chi connectivity index (χ4v) is 7.22. The number of hydrogen-bond donors (Lipinski definition) is 8. The predicted octanol–water partition coefficient (Wildman–Crippen LogP) is 3.63. The summed E-state index contributed by atoms with van der Waals surface area (Å²) in [4.78, 5) is 16.5. The quantitative estimate of drug-likeness (QED) is 0.0532. The molecule has 0 spiro atoms. The van der Waals surface area contributed by atoms with Gasteiger partial charge in [0.15, 0.2) is 23.0 Å². The van der Waals surface area contributed by atoms with Crippen molar-refractivity contribution in [3.8, 4) is 28.7 Å². The SMILES string of the molecule is CCN[C@H](COc1cc([C@H]2C[C@@H](O)C[C@H](CCc3ccc(O)c(OCNC[C@H](C)O)c3)O2)cc(OC)c1O)[C@H]1[C@@H](c2ccnc(N)c2)C=C[C@H]1C(=O)O. The Morgan fingerprint density at radius 2 is 1.85 bits per heavy atom. The molecule has 5 rings (SSSR count). The molecule has 0 unspecified atom stereocenters. The van der Waals surface area contributed by atoms with Gasteiger partial charge in [-0.15, -0.1) is 0 Å². The molecule has 9 N–H and O–H groups in total. The highest BCUT2D eigenvalue weighted by Crippen LogP contribution is 2.44. The molecule has 53 heavy (non-hydrogen) atoms. The Bertz CT molecular complexity index is 1700. The number of rotatable bonds is 18. The van der Waals surface area contributed by atoms with Gasteiger partial charge >= 0.3 is 5.97 Å². The average molecular weight is 737 g/mol. The molecule has 288 valence electrons. The molecule has 2 heterocycles. The normalized spacial score (nSPS) is 23.7. The largest absolute Gasteiger partial charge is 0.504 e. The summed E-state index contributed by atoms with van der Waals surface area (Å²) in [5, 5.41) is 58.2. The molecule has 1 aliphatic carbocycles. The average Bonchev–Trinajstić information content (AvgIpc) is 3.58. The Labute approximate surface area is 309 Å². The third-order valence-corrected chi connectivity index (χ3v) is 9.76. The summed E-state index contributed by atoms with van der Waals surface area (Å²) in [6, 6.07) is 11.6. The Kier molecular flexibility index (Phi) is 13.8. The van der Waals surface area contributed by atoms with E-state index in [1.165, 1.54) is 7.11 Å². The number of phenolic OH excluding ortho intramolecular Hbond substituents is 2. The van der Waals surface area contributed by atoms with Gasteiger partial charge < -0.3 is 55.5 Å². The van der Waals surface area contributed by atoms with Gasteiger partial charge in [0.2, 0.25) is 5.75 Å². The molecule has 0 radical (unpaired) electrons. The second-order valence-corrected chi connectivity index (χ2v) is 13.7. The number of phenols is 2. The molecule has 1 fully saturated rings. The van der Waals surface area contributed by atoms with E-state index in [0.717, 1.165) is 11.1 Å². The van der Waals surface area contributed by atoms with Crippen LogP contribution in [0.5, 0.6) is 28.7 Å². The lowest BCUT2D eigenvalue weighted by molar-refractivity contribution is -0.142. The number of ether oxygens (including phenoxy) is 4. The fraction of sp³-hybridized carbons (Fsp3) is 0.487. The molecule has 1 aromatic heterocycles. The van der Waals surface area contributed by atoms with Crippen molar-refractivity contribution in [3.05, 3.63) is 77.5 Å². The second-order valence-electron chi connectivity index (χ2n) is 13.7. The van der Waals surface area contributed by atoms with Gasteiger partial charge in [-0.3, -0.25) is 10.1 Å². The van der Waals surface area contributed by atoms with E-state index in [-0.39, 0.29) is 48.4 Å². The number of aromatic nitrogens is 1. The van der Waals surface area contributed by atoms with Crippen LogP contribution >= 0.6 is 0 Å². The van der Waals surface area contributed by atoms with Crippen LogP contribution in [0.15, 0.2) is 60.8 Å². The number of nitrogens with two attached hydrogens (primary N) is 1. The number of aliphatic hydroxyl groups excluding tert-OH is 2. The minimum atomic E-state index is -0.951. The first-order valence-electron chi connectivity index (χ1n) is 18.0. The van der Waals surface area contributed by atoms with Gasteiger partial charge in [-0.05, 0) is 85.8 Å². The summed E-state index contributed by atoms with van der Waals surface area (Å²) in [7, 11) is 1.44. The minimum absolute atomic E-state index is 0.00783. The number of aryl methyl sites for hydroxylation is 1. The smallest absolute Gasteiger partial charge is 0.310 e. The molecule has 1 aliphatic heterocycles. The monoisotopic (exact) mass is 736 g/mol. The number of nitrogens with one attached hydrogen (secondary N) is 2. The molecule has 2 aliphatic rings. The lowest BCUT2D eigenvalue weighted by atomic mass is 9.79. The molecule has 0 saturated carbocycles. The molecule has 2 aromatic carbocycles. The maximum absolute atomic E-state index is 12.4. The van der Waals surface area contributed by atoms with E-state index in [9.17, 15) is 30.3 Å². The van der Waals surface area contributed by atoms with Crippen molar-refractivity contribution in [1.82, 2.24) is 15.6 Å². The summed E-state index contributed by atoms with van der Waals surface area (Å²) in [6.45, 7) is 4.66. The Balaban J connectivity index is 1.29. The zero-order valence-corrected chi connectivity index (χ0v) is 30.4. The molecule has 14 heteroatoms. The third-order valence-electron chi connectivity index (χ3n) is 9.76. The first-order chi connectivity index (χ1) is 25.5. The highest BCUT2D eigenvalue weighted by Gasteiger charge is 2.42. The summed E-state index contributed by atoms with van der Waals surface area (Å²) in [5.74, 6) is -1.65. The molecular weight excluding hydrogens is 684 g/mol. The minimum Gasteiger partial charge on any atom is -0.504 e. The number of methoxy groups -OCH3 is 1. The number of nitrogen functional groups attached to an aromatic ring is 1. The van der Waals surface area contributed by atoms with Crippen molar-refractivity contribution < 1.29 is 49.3 Å². The maximum Gasteiger partial charge on any atom is 0.310 e. The lowest BCUT2D eigenvalue weighted by Crippen LogP contribution is -2.46. The van der Waals surface area contributed by atoms with Crippen LogP contribution in [0.1, 0.15) is 61.8 Å². The zero-order chi connectivity index (χ0) is 38.1. The van der Waals surface area contributed by atoms with E-state index < -0.39 is 42.2 Å². The number of carboxylic acid groups (broad SMARTS) is 1. The number of aromatic hydroxyl groups is 2. The van der Waals surface area contributed by atoms with E-state index in [2.05, 4.69) is 15.6 Å². The Hall–Kier alpha value is -4.60. The first-order valence-corrected chi connectivity index (χ1v) is 18.0. The first kappa shape index (κ1) is 39.6. The van der Waals surface area contributed by atoms with Crippen LogP contribution in [0.4, 0.5) is 5.82 Å². The van der Waals surface area contributed by atoms with Crippen molar-refractivity contribution in [2.45, 2.75) is 75.9 Å². The molecule has 1 saturated heterocycles. The highest BCUT2D eigenvalue weighted by atomic mass is 16.5. The molecule has 0 amide bonds. The van der Waals surface area contributed by atoms with Crippen molar-refractivity contribution in [3.63, 3.8) is 0 Å². The topological polar surface area (TPSA) is 218 Å². The third kappa shape index (κ3) is 10.3. The van der Waals surface area contributed by atoms with Crippen LogP contribution < -0.4 is 30.6 Å². The van der Waals surface area contributed by atoms with Gasteiger partial charge in [0.05, 0.1) is 37.4 Å². The van der Waals surface area contributed by atoms with Crippen LogP contribution in [0.3, 0.4) is 0 Å². The zero-order valence-electron chi connectivity index (χ0n) is 30.4. The number of allylic oxidation sites excluding steroid dienone is 1. The van der Waals surface area contributed by atoms with Crippen molar-refractivity contribution >= 4 is 11.8 Å². The number of pyridine rings is 1. The van der Waals surface area contributed by atoms with Crippen LogP contribution in [0, 0.1) is 11.8 Å². The molecule has 8 atom stereocenters. The van der Waals surface area contributed by atoms with E-state index in [4.69, 9.17) is 24.7 Å². The Morgan fingerprint density at radius 1 is 1.06 bits per heavy atom. The summed E-state index contributed by atoms with van der Waals surface area (Å²) >= 11 is 0. The van der Waals surface area contributed by atoms with E-state index in [1.54, 1.807) is 49.5 Å². The second kappa shape index (κ2) is 18.4. The van der Waals surface area contributed by atoms with Crippen LogP contribution in [0.25, 0.3) is 0 Å². The maximum atomic E-state index is 12.4. The number of nitrogens with zero attached hydrogens (tertiary/aromatic N) is 1. The van der Waals surface area contributed by atoms with Crippen molar-refractivity contribution in [1.29, 1.82) is 0 Å². The highest BCUT2D eigenvalue weighted by molar-refractivity contribution is 5.74. The van der Waals surface area contributed by atoms with Crippen LogP contribution in [0.2, 0.25) is 0 Å². The van der Waals surface area contributed by atoms with Gasteiger partial charge in [-0.1, -0.05) is 25.1 Å². The number of carbonyl (C=O) groups is 1. The van der Waals surface area contributed by atoms with Gasteiger partial charge in [0.1, 0.15) is 19.2 Å². The summed E-state index contributed by atoms with van der Waals surface area (Å²) in [5.41, 5.74) is 8.39. The van der Waals surface area contributed by atoms with Gasteiger partial charge in [-0.25, -0.2) is 4.98 Å². The molecule has 0 bridgehead atoms. The fourth-order valence-electron chi connectivity index (χ4n) is 7.22. The molecular formula is C39H52N4O10. The molecule has 14 nitrogen and oxygen atoms in total. The number of aliphatic hydroxyl groups is 2.